The van der Waals surface area contributed by atoms with Crippen LogP contribution in [-0.2, 0) is 0 Å². The van der Waals surface area contributed by atoms with E-state index in [-0.39, 0.29) is 0 Å². The predicted molar refractivity (Wildman–Crippen MR) is 133 cm³/mol. The number of rotatable bonds is 8. The molecule has 1 heterocycles. The third-order valence-electron chi connectivity index (χ3n) is 7.96. The molecule has 0 amide bonds. The fraction of sp³-hybridized carbons (Fsp3) is 0.679. The summed E-state index contributed by atoms with van der Waals surface area (Å²) in [5.41, 5.74) is 5.63. The van der Waals surface area contributed by atoms with E-state index in [9.17, 15) is 0 Å². The van der Waals surface area contributed by atoms with Crippen molar-refractivity contribution in [1.29, 1.82) is 0 Å². The number of hydrogen-bond donors (Lipinski definition) is 1. The molecule has 4 unspecified atom stereocenters. The summed E-state index contributed by atoms with van der Waals surface area (Å²) in [5, 5.41) is 12.6. The molecule has 0 aliphatic heterocycles. The maximum Gasteiger partial charge on any atom is 0.0963 e. The highest BCUT2D eigenvalue weighted by molar-refractivity contribution is 7.10. The van der Waals surface area contributed by atoms with E-state index in [1.165, 1.54) is 86.9 Å². The van der Waals surface area contributed by atoms with Crippen molar-refractivity contribution in [2.24, 2.45) is 5.92 Å². The number of fused-ring (bicyclic) bond motifs is 1. The normalized spacial score (nSPS) is 26.4. The Kier molecular flexibility index (Phi) is 8.23. The Morgan fingerprint density at radius 1 is 0.903 bits per heavy atom. The van der Waals surface area contributed by atoms with Crippen molar-refractivity contribution in [2.45, 2.75) is 109 Å². The summed E-state index contributed by atoms with van der Waals surface area (Å²) in [4.78, 5) is 5.15. The van der Waals surface area contributed by atoms with Crippen LogP contribution in [0.2, 0.25) is 0 Å². The molecule has 0 radical (unpaired) electrons. The van der Waals surface area contributed by atoms with E-state index in [4.69, 9.17) is 10.1 Å². The average Bonchev–Trinajstić information content (AvgIpc) is 3.16. The van der Waals surface area contributed by atoms with Crippen molar-refractivity contribution in [3.05, 3.63) is 39.7 Å². The van der Waals surface area contributed by atoms with Gasteiger partial charge in [0.05, 0.1) is 10.7 Å². The number of aromatic nitrogens is 1. The summed E-state index contributed by atoms with van der Waals surface area (Å²) < 4.78 is 0. The lowest BCUT2D eigenvalue weighted by Gasteiger charge is -2.27. The molecule has 0 bridgehead atoms. The summed E-state index contributed by atoms with van der Waals surface area (Å²) in [6.45, 7) is 5.11. The van der Waals surface area contributed by atoms with Crippen LogP contribution in [0.1, 0.15) is 125 Å². The van der Waals surface area contributed by atoms with E-state index in [0.29, 0.717) is 24.4 Å². The molecule has 2 aromatic rings. The number of hydrogen-bond acceptors (Lipinski definition) is 3. The molecule has 1 N–H and O–H groups in total. The van der Waals surface area contributed by atoms with Gasteiger partial charge in [-0.15, -0.1) is 11.3 Å². The first-order chi connectivity index (χ1) is 15.2. The summed E-state index contributed by atoms with van der Waals surface area (Å²) in [5.74, 6) is 2.93. The minimum Gasteiger partial charge on any atom is -0.396 e. The van der Waals surface area contributed by atoms with Gasteiger partial charge < -0.3 is 5.11 Å². The van der Waals surface area contributed by atoms with Crippen LogP contribution in [0.3, 0.4) is 0 Å². The van der Waals surface area contributed by atoms with Gasteiger partial charge in [0, 0.05) is 23.5 Å². The van der Waals surface area contributed by atoms with Gasteiger partial charge in [-0.1, -0.05) is 64.5 Å². The monoisotopic (exact) mass is 439 g/mol. The second-order valence-corrected chi connectivity index (χ2v) is 11.2. The summed E-state index contributed by atoms with van der Waals surface area (Å²) in [7, 11) is 0. The fourth-order valence-corrected chi connectivity index (χ4v) is 6.84. The van der Waals surface area contributed by atoms with Crippen LogP contribution >= 0.6 is 11.3 Å². The molecular weight excluding hydrogens is 398 g/mol. The lowest BCUT2D eigenvalue weighted by molar-refractivity contribution is 0.281. The number of nitrogens with zero attached hydrogens (tertiary/aromatic N) is 1. The molecule has 4 atom stereocenters. The van der Waals surface area contributed by atoms with Crippen molar-refractivity contribution >= 4 is 11.3 Å². The molecule has 1 aromatic carbocycles. The maximum absolute atomic E-state index is 8.93. The molecular formula is C28H41NOS. The van der Waals surface area contributed by atoms with E-state index in [1.54, 1.807) is 11.1 Å². The molecule has 4 rings (SSSR count). The average molecular weight is 440 g/mol. The van der Waals surface area contributed by atoms with Gasteiger partial charge in [0.25, 0.3) is 0 Å². The van der Waals surface area contributed by atoms with Crippen LogP contribution in [-0.4, -0.2) is 16.7 Å². The van der Waals surface area contributed by atoms with E-state index in [2.05, 4.69) is 37.4 Å². The molecule has 0 saturated heterocycles. The topological polar surface area (TPSA) is 33.1 Å². The molecule has 2 aliphatic carbocycles. The van der Waals surface area contributed by atoms with E-state index in [0.717, 1.165) is 12.3 Å². The largest absolute Gasteiger partial charge is 0.396 e. The van der Waals surface area contributed by atoms with Gasteiger partial charge in [-0.05, 0) is 73.5 Å². The molecule has 1 saturated carbocycles. The first kappa shape index (κ1) is 23.0. The molecule has 0 spiro atoms. The molecule has 2 nitrogen and oxygen atoms in total. The summed E-state index contributed by atoms with van der Waals surface area (Å²) >= 11 is 1.89. The van der Waals surface area contributed by atoms with Crippen molar-refractivity contribution in [3.8, 4) is 11.3 Å². The predicted octanol–water partition coefficient (Wildman–Crippen LogP) is 8.42. The Balaban J connectivity index is 1.36. The zero-order valence-electron chi connectivity index (χ0n) is 19.6. The molecule has 31 heavy (non-hydrogen) atoms. The minimum absolute atomic E-state index is 0.352. The first-order valence-corrected chi connectivity index (χ1v) is 13.7. The van der Waals surface area contributed by atoms with Crippen LogP contribution in [0, 0.1) is 5.92 Å². The van der Waals surface area contributed by atoms with Crippen LogP contribution in [0.25, 0.3) is 11.3 Å². The Morgan fingerprint density at radius 3 is 2.55 bits per heavy atom. The number of aliphatic hydroxyl groups is 1. The Morgan fingerprint density at radius 2 is 1.71 bits per heavy atom. The Labute approximate surface area is 193 Å². The Hall–Kier alpha value is -1.19. The highest BCUT2D eigenvalue weighted by atomic mass is 32.1. The van der Waals surface area contributed by atoms with Crippen molar-refractivity contribution in [1.82, 2.24) is 4.98 Å². The van der Waals surface area contributed by atoms with Crippen LogP contribution < -0.4 is 0 Å². The second kappa shape index (κ2) is 11.1. The quantitative estimate of drug-likeness (QED) is 0.331. The lowest BCUT2D eigenvalue weighted by Crippen LogP contribution is -2.10. The van der Waals surface area contributed by atoms with E-state index in [1.807, 2.05) is 11.3 Å². The smallest absolute Gasteiger partial charge is 0.0963 e. The molecule has 3 heteroatoms. The van der Waals surface area contributed by atoms with Gasteiger partial charge >= 0.3 is 0 Å². The van der Waals surface area contributed by atoms with Gasteiger partial charge in [0.2, 0.25) is 0 Å². The number of benzene rings is 1. The highest BCUT2D eigenvalue weighted by Gasteiger charge is 2.24. The first-order valence-electron chi connectivity index (χ1n) is 12.9. The molecule has 170 valence electrons. The van der Waals surface area contributed by atoms with Gasteiger partial charge in [0.15, 0.2) is 0 Å². The molecule has 1 aromatic heterocycles. The summed E-state index contributed by atoms with van der Waals surface area (Å²) in [6, 6.07) is 7.13. The third-order valence-corrected chi connectivity index (χ3v) is 8.96. The van der Waals surface area contributed by atoms with Crippen molar-refractivity contribution < 1.29 is 5.11 Å². The zero-order valence-corrected chi connectivity index (χ0v) is 20.4. The zero-order chi connectivity index (χ0) is 21.6. The number of unbranched alkanes of at least 4 members (excludes halogenated alkanes) is 3. The number of aliphatic hydroxyl groups excluding tert-OH is 1. The SMILES string of the molecule is CC1CCC(C)c2cc(-c3csc(C4CCCC(CCCCCCO)CC4)n3)ccc21. The minimum atomic E-state index is 0.352. The van der Waals surface area contributed by atoms with Crippen molar-refractivity contribution in [3.63, 3.8) is 0 Å². The van der Waals surface area contributed by atoms with E-state index < -0.39 is 0 Å². The van der Waals surface area contributed by atoms with E-state index >= 15 is 0 Å². The summed E-state index contributed by atoms with van der Waals surface area (Å²) in [6.07, 6.45) is 15.5. The standard InChI is InChI=1S/C28H41NOS/c1-20-11-12-21(2)26-18-24(15-16-25(20)26)27-19-31-28(29-27)23-10-7-9-22(13-14-23)8-5-3-4-6-17-30/h15-16,18-23,30H,3-14,17H2,1-2H3. The van der Waals surface area contributed by atoms with Crippen LogP contribution in [0.5, 0.6) is 0 Å². The third kappa shape index (κ3) is 5.79. The van der Waals surface area contributed by atoms with Crippen LogP contribution in [0.15, 0.2) is 23.6 Å². The van der Waals surface area contributed by atoms with Crippen LogP contribution in [0.4, 0.5) is 0 Å². The van der Waals surface area contributed by atoms with Crippen molar-refractivity contribution in [2.75, 3.05) is 6.61 Å². The van der Waals surface area contributed by atoms with Gasteiger partial charge in [-0.25, -0.2) is 4.98 Å². The Bertz CT molecular complexity index is 828. The highest BCUT2D eigenvalue weighted by Crippen LogP contribution is 2.41. The van der Waals surface area contributed by atoms with Gasteiger partial charge in [-0.3, -0.25) is 0 Å². The van der Waals surface area contributed by atoms with Gasteiger partial charge in [0.1, 0.15) is 0 Å². The lowest BCUT2D eigenvalue weighted by atomic mass is 9.77. The molecule has 1 fully saturated rings. The fourth-order valence-electron chi connectivity index (χ4n) is 5.84. The number of thiazole rings is 1. The maximum atomic E-state index is 8.93. The molecule has 2 aliphatic rings. The van der Waals surface area contributed by atoms with Gasteiger partial charge in [-0.2, -0.15) is 0 Å². The second-order valence-electron chi connectivity index (χ2n) is 10.3.